The number of benzene rings is 1. The van der Waals surface area contributed by atoms with Crippen LogP contribution in [0.3, 0.4) is 0 Å². The summed E-state index contributed by atoms with van der Waals surface area (Å²) in [7, 11) is 5.17. The summed E-state index contributed by atoms with van der Waals surface area (Å²) in [5.41, 5.74) is 1.09. The van der Waals surface area contributed by atoms with Crippen LogP contribution in [0.4, 0.5) is 0 Å². The zero-order valence-electron chi connectivity index (χ0n) is 17.6. The van der Waals surface area contributed by atoms with E-state index < -0.39 is 0 Å². The van der Waals surface area contributed by atoms with E-state index in [1.807, 2.05) is 36.0 Å². The SMILES string of the molecule is COc1ccc(CN=C(NCC(=O)N(C)C)NC2CCOC3(CCSC3)C2)cc1. The highest BCUT2D eigenvalue weighted by Crippen LogP contribution is 2.38. The molecule has 2 N–H and O–H groups in total. The molecule has 1 aromatic rings. The first kappa shape index (κ1) is 21.8. The van der Waals surface area contributed by atoms with Gasteiger partial charge in [-0.15, -0.1) is 0 Å². The third-order valence-electron chi connectivity index (χ3n) is 5.39. The van der Waals surface area contributed by atoms with E-state index in [1.165, 1.54) is 5.75 Å². The Morgan fingerprint density at radius 3 is 2.83 bits per heavy atom. The molecule has 0 radical (unpaired) electrons. The molecule has 29 heavy (non-hydrogen) atoms. The fourth-order valence-corrected chi connectivity index (χ4v) is 4.96. The number of aliphatic imine (C=N–C) groups is 1. The Balaban J connectivity index is 1.65. The molecule has 0 aliphatic carbocycles. The molecule has 1 spiro atoms. The topological polar surface area (TPSA) is 75.2 Å². The summed E-state index contributed by atoms with van der Waals surface area (Å²) in [6, 6.07) is 8.16. The molecule has 8 heteroatoms. The van der Waals surface area contributed by atoms with Gasteiger partial charge in [0.25, 0.3) is 0 Å². The van der Waals surface area contributed by atoms with Crippen molar-refractivity contribution >= 4 is 23.6 Å². The molecule has 2 fully saturated rings. The minimum absolute atomic E-state index is 0.00112. The monoisotopic (exact) mass is 420 g/mol. The van der Waals surface area contributed by atoms with Crippen LogP contribution in [-0.4, -0.2) is 74.3 Å². The quantitative estimate of drug-likeness (QED) is 0.541. The zero-order chi connectivity index (χ0) is 20.7. The van der Waals surface area contributed by atoms with Crippen molar-refractivity contribution in [3.05, 3.63) is 29.8 Å². The number of carbonyl (C=O) groups is 1. The molecule has 160 valence electrons. The number of guanidine groups is 1. The number of ether oxygens (including phenoxy) is 2. The smallest absolute Gasteiger partial charge is 0.241 e. The van der Waals surface area contributed by atoms with Gasteiger partial charge in [0.2, 0.25) is 5.91 Å². The van der Waals surface area contributed by atoms with Gasteiger partial charge in [0.15, 0.2) is 5.96 Å². The van der Waals surface area contributed by atoms with Gasteiger partial charge in [-0.25, -0.2) is 4.99 Å². The number of rotatable bonds is 6. The molecule has 2 unspecified atom stereocenters. The first-order valence-electron chi connectivity index (χ1n) is 10.1. The van der Waals surface area contributed by atoms with Gasteiger partial charge in [-0.1, -0.05) is 12.1 Å². The van der Waals surface area contributed by atoms with Crippen molar-refractivity contribution in [1.29, 1.82) is 0 Å². The third kappa shape index (κ3) is 6.27. The van der Waals surface area contributed by atoms with Crippen LogP contribution in [0.2, 0.25) is 0 Å². The van der Waals surface area contributed by atoms with Crippen molar-refractivity contribution in [3.63, 3.8) is 0 Å². The van der Waals surface area contributed by atoms with Crippen molar-refractivity contribution in [2.24, 2.45) is 4.99 Å². The second-order valence-corrected chi connectivity index (χ2v) is 8.93. The summed E-state index contributed by atoms with van der Waals surface area (Å²) in [6.07, 6.45) is 3.03. The van der Waals surface area contributed by atoms with Crippen LogP contribution in [-0.2, 0) is 16.1 Å². The van der Waals surface area contributed by atoms with E-state index in [9.17, 15) is 4.79 Å². The molecule has 2 atom stereocenters. The fraction of sp³-hybridized carbons (Fsp3) is 0.619. The van der Waals surface area contributed by atoms with Crippen LogP contribution < -0.4 is 15.4 Å². The Morgan fingerprint density at radius 2 is 2.17 bits per heavy atom. The number of nitrogens with one attached hydrogen (secondary N) is 2. The van der Waals surface area contributed by atoms with E-state index in [4.69, 9.17) is 14.5 Å². The lowest BCUT2D eigenvalue weighted by Crippen LogP contribution is -2.52. The lowest BCUT2D eigenvalue weighted by Gasteiger charge is -2.38. The normalized spacial score (nSPS) is 24.4. The summed E-state index contributed by atoms with van der Waals surface area (Å²) in [5, 5.41) is 6.75. The molecule has 3 rings (SSSR count). The number of hydrogen-bond acceptors (Lipinski definition) is 5. The molecular formula is C21H32N4O3S. The Morgan fingerprint density at radius 1 is 1.38 bits per heavy atom. The summed E-state index contributed by atoms with van der Waals surface area (Å²) < 4.78 is 11.3. The maximum absolute atomic E-state index is 12.0. The van der Waals surface area contributed by atoms with Gasteiger partial charge in [0.1, 0.15) is 5.75 Å². The van der Waals surface area contributed by atoms with Gasteiger partial charge < -0.3 is 25.0 Å². The molecule has 2 saturated heterocycles. The number of amides is 1. The van der Waals surface area contributed by atoms with Gasteiger partial charge in [-0.05, 0) is 42.7 Å². The minimum atomic E-state index is 0.00112. The Labute approximate surface area is 177 Å². The molecule has 1 aromatic carbocycles. The van der Waals surface area contributed by atoms with E-state index in [2.05, 4.69) is 10.6 Å². The lowest BCUT2D eigenvalue weighted by atomic mass is 9.90. The lowest BCUT2D eigenvalue weighted by molar-refractivity contribution is -0.127. The highest BCUT2D eigenvalue weighted by atomic mass is 32.2. The molecule has 0 saturated carbocycles. The van der Waals surface area contributed by atoms with Crippen LogP contribution in [0.1, 0.15) is 24.8 Å². The second-order valence-electron chi connectivity index (χ2n) is 7.82. The van der Waals surface area contributed by atoms with Crippen LogP contribution in [0.5, 0.6) is 5.75 Å². The standard InChI is InChI=1S/C21H32N4O3S/c1-25(2)19(26)14-23-20(22-13-16-4-6-18(27-3)7-5-16)24-17-8-10-28-21(12-17)9-11-29-15-21/h4-7,17H,8-15H2,1-3H3,(H2,22,23,24). The molecule has 0 aromatic heterocycles. The molecule has 2 aliphatic rings. The number of thioether (sulfide) groups is 1. The average Bonchev–Trinajstić information content (AvgIpc) is 3.17. The average molecular weight is 421 g/mol. The minimum Gasteiger partial charge on any atom is -0.497 e. The van der Waals surface area contributed by atoms with Gasteiger partial charge in [-0.3, -0.25) is 4.79 Å². The summed E-state index contributed by atoms with van der Waals surface area (Å²) in [5.74, 6) is 3.74. The Hall–Kier alpha value is -1.93. The summed E-state index contributed by atoms with van der Waals surface area (Å²) >= 11 is 1.97. The molecule has 1 amide bonds. The van der Waals surface area contributed by atoms with Crippen LogP contribution >= 0.6 is 11.8 Å². The summed E-state index contributed by atoms with van der Waals surface area (Å²) in [6.45, 7) is 1.51. The number of carbonyl (C=O) groups excluding carboxylic acids is 1. The highest BCUT2D eigenvalue weighted by molar-refractivity contribution is 7.99. The maximum Gasteiger partial charge on any atom is 0.241 e. The van der Waals surface area contributed by atoms with E-state index in [-0.39, 0.29) is 18.1 Å². The Bertz CT molecular complexity index is 702. The van der Waals surface area contributed by atoms with Crippen molar-refractivity contribution in [2.45, 2.75) is 37.5 Å². The van der Waals surface area contributed by atoms with Gasteiger partial charge in [0.05, 0.1) is 25.8 Å². The number of nitrogens with zero attached hydrogens (tertiary/aromatic N) is 2. The second kappa shape index (κ2) is 10.2. The molecule has 2 heterocycles. The van der Waals surface area contributed by atoms with Crippen molar-refractivity contribution in [3.8, 4) is 5.75 Å². The number of methoxy groups -OCH3 is 1. The van der Waals surface area contributed by atoms with E-state index >= 15 is 0 Å². The van der Waals surface area contributed by atoms with E-state index in [0.29, 0.717) is 18.5 Å². The molecular weight excluding hydrogens is 388 g/mol. The fourth-order valence-electron chi connectivity index (χ4n) is 3.58. The molecule has 7 nitrogen and oxygen atoms in total. The zero-order valence-corrected chi connectivity index (χ0v) is 18.4. The highest BCUT2D eigenvalue weighted by Gasteiger charge is 2.40. The number of hydrogen-bond donors (Lipinski definition) is 2. The van der Waals surface area contributed by atoms with Crippen LogP contribution in [0.25, 0.3) is 0 Å². The molecule has 2 aliphatic heterocycles. The predicted octanol–water partition coefficient (Wildman–Crippen LogP) is 1.87. The number of likely N-dealkylation sites (N-methyl/N-ethyl adjacent to an activating group) is 1. The van der Waals surface area contributed by atoms with E-state index in [0.717, 1.165) is 42.9 Å². The van der Waals surface area contributed by atoms with Crippen LogP contribution in [0.15, 0.2) is 29.3 Å². The Kier molecular flexibility index (Phi) is 7.66. The first-order chi connectivity index (χ1) is 14.0. The summed E-state index contributed by atoms with van der Waals surface area (Å²) in [4.78, 5) is 18.3. The van der Waals surface area contributed by atoms with Gasteiger partial charge in [0, 0.05) is 32.5 Å². The maximum atomic E-state index is 12.0. The van der Waals surface area contributed by atoms with Crippen molar-refractivity contribution in [1.82, 2.24) is 15.5 Å². The largest absolute Gasteiger partial charge is 0.497 e. The van der Waals surface area contributed by atoms with Gasteiger partial charge >= 0.3 is 0 Å². The van der Waals surface area contributed by atoms with E-state index in [1.54, 1.807) is 26.1 Å². The van der Waals surface area contributed by atoms with Gasteiger partial charge in [-0.2, -0.15) is 11.8 Å². The van der Waals surface area contributed by atoms with Crippen molar-refractivity contribution < 1.29 is 14.3 Å². The molecule has 0 bridgehead atoms. The predicted molar refractivity (Wildman–Crippen MR) is 118 cm³/mol. The third-order valence-corrected chi connectivity index (χ3v) is 6.61. The first-order valence-corrected chi connectivity index (χ1v) is 11.2. The van der Waals surface area contributed by atoms with Crippen molar-refractivity contribution in [2.75, 3.05) is 45.9 Å². The van der Waals surface area contributed by atoms with Crippen LogP contribution in [0, 0.1) is 0 Å².